The maximum atomic E-state index is 12.7. The second-order valence-corrected chi connectivity index (χ2v) is 9.32. The zero-order chi connectivity index (χ0) is 27.0. The summed E-state index contributed by atoms with van der Waals surface area (Å²) in [6, 6.07) is 13.5. The number of ether oxygens (including phenoxy) is 3. The molecule has 0 radical (unpaired) electrons. The van der Waals surface area contributed by atoms with Gasteiger partial charge in [-0.25, -0.2) is 9.97 Å². The average molecular weight is 531 g/mol. The van der Waals surface area contributed by atoms with Crippen LogP contribution < -0.4 is 15.4 Å². The van der Waals surface area contributed by atoms with Crippen LogP contribution in [0.4, 0.5) is 11.5 Å². The van der Waals surface area contributed by atoms with E-state index in [1.807, 2.05) is 66.2 Å². The largest absolute Gasteiger partial charge is 0.497 e. The number of anilines is 2. The Morgan fingerprint density at radius 1 is 1.08 bits per heavy atom. The van der Waals surface area contributed by atoms with Crippen LogP contribution in [0.25, 0.3) is 16.9 Å². The Morgan fingerprint density at radius 2 is 1.90 bits per heavy atom. The van der Waals surface area contributed by atoms with Gasteiger partial charge in [0, 0.05) is 55.4 Å². The highest BCUT2D eigenvalue weighted by Gasteiger charge is 2.13. The Hall–Kier alpha value is -3.99. The van der Waals surface area contributed by atoms with Gasteiger partial charge in [0.2, 0.25) is 0 Å². The first-order valence-electron chi connectivity index (χ1n) is 13.1. The van der Waals surface area contributed by atoms with Crippen LogP contribution in [0.5, 0.6) is 5.75 Å². The molecule has 1 amide bonds. The lowest BCUT2D eigenvalue weighted by Gasteiger charge is -2.26. The molecule has 0 atom stereocenters. The van der Waals surface area contributed by atoms with Crippen molar-refractivity contribution in [2.45, 2.75) is 6.92 Å². The molecule has 2 aromatic heterocycles. The van der Waals surface area contributed by atoms with Gasteiger partial charge < -0.3 is 24.8 Å². The number of hydrogen-bond acceptors (Lipinski definition) is 8. The van der Waals surface area contributed by atoms with E-state index >= 15 is 0 Å². The van der Waals surface area contributed by atoms with E-state index in [9.17, 15) is 4.79 Å². The number of methoxy groups -OCH3 is 1. The number of nitrogens with zero attached hydrogens (tertiary/aromatic N) is 4. The molecule has 39 heavy (non-hydrogen) atoms. The Balaban J connectivity index is 1.17. The summed E-state index contributed by atoms with van der Waals surface area (Å²) in [5, 5.41) is 6.30. The maximum absolute atomic E-state index is 12.7. The highest BCUT2D eigenvalue weighted by Crippen LogP contribution is 2.27. The molecule has 1 saturated heterocycles. The lowest BCUT2D eigenvalue weighted by molar-refractivity contribution is 0.0207. The molecule has 4 aromatic rings. The molecule has 0 aliphatic carbocycles. The molecule has 10 heteroatoms. The highest BCUT2D eigenvalue weighted by molar-refractivity contribution is 5.96. The summed E-state index contributed by atoms with van der Waals surface area (Å²) in [5.41, 5.74) is 4.99. The summed E-state index contributed by atoms with van der Waals surface area (Å²) in [5.74, 6) is 1.31. The van der Waals surface area contributed by atoms with Crippen LogP contribution in [-0.4, -0.2) is 84.9 Å². The topological polar surface area (TPSA) is 102 Å². The number of hydrogen-bond donors (Lipinski definition) is 2. The van der Waals surface area contributed by atoms with Crippen LogP contribution in [0.1, 0.15) is 15.9 Å². The third-order valence-corrected chi connectivity index (χ3v) is 6.74. The first-order valence-corrected chi connectivity index (χ1v) is 13.1. The number of nitrogens with one attached hydrogen (secondary N) is 2. The lowest BCUT2D eigenvalue weighted by atomic mass is 10.1. The highest BCUT2D eigenvalue weighted by atomic mass is 16.5. The van der Waals surface area contributed by atoms with Gasteiger partial charge in [-0.1, -0.05) is 0 Å². The van der Waals surface area contributed by atoms with Gasteiger partial charge in [0.05, 0.1) is 45.4 Å². The molecule has 10 nitrogen and oxygen atoms in total. The van der Waals surface area contributed by atoms with Crippen LogP contribution in [0.2, 0.25) is 0 Å². The van der Waals surface area contributed by atoms with Crippen LogP contribution in [0.3, 0.4) is 0 Å². The Morgan fingerprint density at radius 3 is 2.67 bits per heavy atom. The van der Waals surface area contributed by atoms with Crippen LogP contribution in [0, 0.1) is 6.92 Å². The number of amides is 1. The predicted octanol–water partition coefficient (Wildman–Crippen LogP) is 3.54. The van der Waals surface area contributed by atoms with Crippen molar-refractivity contribution in [2.24, 2.45) is 0 Å². The van der Waals surface area contributed by atoms with Crippen molar-refractivity contribution in [3.63, 3.8) is 0 Å². The van der Waals surface area contributed by atoms with Gasteiger partial charge in [-0.05, 0) is 55.0 Å². The number of imidazole rings is 1. The van der Waals surface area contributed by atoms with Crippen LogP contribution in [0.15, 0.2) is 61.1 Å². The van der Waals surface area contributed by atoms with Gasteiger partial charge in [0.1, 0.15) is 5.75 Å². The van der Waals surface area contributed by atoms with Crippen molar-refractivity contribution in [2.75, 3.05) is 65.0 Å². The molecule has 2 aromatic carbocycles. The molecule has 2 N–H and O–H groups in total. The van der Waals surface area contributed by atoms with E-state index < -0.39 is 0 Å². The third-order valence-electron chi connectivity index (χ3n) is 6.74. The van der Waals surface area contributed by atoms with E-state index in [0.29, 0.717) is 36.8 Å². The van der Waals surface area contributed by atoms with Gasteiger partial charge in [0.25, 0.3) is 5.91 Å². The molecule has 1 aliphatic rings. The molecule has 1 aliphatic heterocycles. The van der Waals surface area contributed by atoms with Crippen molar-refractivity contribution in [1.29, 1.82) is 0 Å². The predicted molar refractivity (Wildman–Crippen MR) is 150 cm³/mol. The molecule has 0 bridgehead atoms. The van der Waals surface area contributed by atoms with E-state index in [0.717, 1.165) is 61.1 Å². The van der Waals surface area contributed by atoms with E-state index in [1.54, 1.807) is 13.3 Å². The number of morpholine rings is 1. The van der Waals surface area contributed by atoms with Crippen molar-refractivity contribution >= 4 is 23.1 Å². The fourth-order valence-electron chi connectivity index (χ4n) is 4.57. The molecular formula is C29H34N6O4. The van der Waals surface area contributed by atoms with E-state index in [4.69, 9.17) is 14.2 Å². The van der Waals surface area contributed by atoms with Crippen molar-refractivity contribution < 1.29 is 19.0 Å². The van der Waals surface area contributed by atoms with E-state index in [1.165, 1.54) is 0 Å². The summed E-state index contributed by atoms with van der Waals surface area (Å²) >= 11 is 0. The van der Waals surface area contributed by atoms with Gasteiger partial charge in [-0.15, -0.1) is 0 Å². The summed E-state index contributed by atoms with van der Waals surface area (Å²) in [7, 11) is 1.65. The van der Waals surface area contributed by atoms with Gasteiger partial charge in [-0.3, -0.25) is 14.1 Å². The van der Waals surface area contributed by atoms with Crippen molar-refractivity contribution in [3.05, 3.63) is 72.2 Å². The summed E-state index contributed by atoms with van der Waals surface area (Å²) in [6.07, 6.45) is 5.45. The summed E-state index contributed by atoms with van der Waals surface area (Å²) in [6.45, 7) is 7.85. The lowest BCUT2D eigenvalue weighted by Crippen LogP contribution is -2.38. The molecular weight excluding hydrogens is 496 g/mol. The number of aromatic nitrogens is 3. The first-order chi connectivity index (χ1) is 19.1. The zero-order valence-electron chi connectivity index (χ0n) is 22.4. The number of carbonyl (C=O) groups is 1. The van der Waals surface area contributed by atoms with Gasteiger partial charge in [0.15, 0.2) is 11.5 Å². The average Bonchev–Trinajstić information content (AvgIpc) is 3.41. The zero-order valence-corrected chi connectivity index (χ0v) is 22.4. The molecule has 0 saturated carbocycles. The number of fused-ring (bicyclic) bond motifs is 1. The minimum absolute atomic E-state index is 0.117. The SMILES string of the molecule is COc1ccc(-c2cnc3c(Nc4ccc(C(=O)NCCOCCN5CCOCC5)c(C)c4)nccn23)cc1. The van der Waals surface area contributed by atoms with Gasteiger partial charge in [-0.2, -0.15) is 0 Å². The Kier molecular flexibility index (Phi) is 8.67. The molecule has 204 valence electrons. The number of carbonyl (C=O) groups excluding carboxylic acids is 1. The standard InChI is InChI=1S/C29H34N6O4/c1-21-19-23(5-8-25(21)29(36)31-10-15-38-16-12-34-13-17-39-18-14-34)33-27-28-32-20-26(35(28)11-9-30-27)22-3-6-24(37-2)7-4-22/h3-9,11,19-20H,10,12-18H2,1-2H3,(H,30,33)(H,31,36). The number of benzene rings is 2. The Labute approximate surface area is 227 Å². The fraction of sp³-hybridized carbons (Fsp3) is 0.345. The van der Waals surface area contributed by atoms with Gasteiger partial charge >= 0.3 is 0 Å². The van der Waals surface area contributed by atoms with Crippen molar-refractivity contribution in [3.8, 4) is 17.0 Å². The Bertz CT molecular complexity index is 1400. The number of aryl methyl sites for hydroxylation is 1. The fourth-order valence-corrected chi connectivity index (χ4v) is 4.57. The van der Waals surface area contributed by atoms with Crippen molar-refractivity contribution in [1.82, 2.24) is 24.6 Å². The second-order valence-electron chi connectivity index (χ2n) is 9.32. The molecule has 3 heterocycles. The number of rotatable bonds is 11. The van der Waals surface area contributed by atoms with Crippen LogP contribution >= 0.6 is 0 Å². The third kappa shape index (κ3) is 6.54. The minimum Gasteiger partial charge on any atom is -0.497 e. The molecule has 5 rings (SSSR count). The first kappa shape index (κ1) is 26.6. The molecule has 0 spiro atoms. The summed E-state index contributed by atoms with van der Waals surface area (Å²) in [4.78, 5) is 24.2. The summed E-state index contributed by atoms with van der Waals surface area (Å²) < 4.78 is 18.3. The van der Waals surface area contributed by atoms with E-state index in [-0.39, 0.29) is 5.91 Å². The normalized spacial score (nSPS) is 13.9. The van der Waals surface area contributed by atoms with E-state index in [2.05, 4.69) is 25.5 Å². The maximum Gasteiger partial charge on any atom is 0.251 e. The molecule has 0 unspecified atom stereocenters. The van der Waals surface area contributed by atoms with Crippen LogP contribution in [-0.2, 0) is 9.47 Å². The second kappa shape index (κ2) is 12.7. The quantitative estimate of drug-likeness (QED) is 0.284. The molecule has 1 fully saturated rings. The monoisotopic (exact) mass is 530 g/mol. The smallest absolute Gasteiger partial charge is 0.251 e. The minimum atomic E-state index is -0.117.